The molecule has 0 aliphatic heterocycles. The van der Waals surface area contributed by atoms with Crippen molar-refractivity contribution in [2.24, 2.45) is 0 Å². The number of hydrogen-bond acceptors (Lipinski definition) is 4. The minimum absolute atomic E-state index is 0.0975. The zero-order valence-corrected chi connectivity index (χ0v) is 12.0. The summed E-state index contributed by atoms with van der Waals surface area (Å²) in [5, 5.41) is 11.3. The molecule has 106 valence electrons. The van der Waals surface area contributed by atoms with E-state index < -0.39 is 5.97 Å². The molecule has 0 atom stereocenters. The summed E-state index contributed by atoms with van der Waals surface area (Å²) in [5.74, 6) is 0.222. The van der Waals surface area contributed by atoms with Gasteiger partial charge in [0, 0.05) is 5.92 Å². The molecule has 1 N–H and O–H groups in total. The van der Waals surface area contributed by atoms with Crippen LogP contribution in [0.3, 0.4) is 0 Å². The molecule has 0 bridgehead atoms. The Morgan fingerprint density at radius 1 is 1.30 bits per heavy atom. The Labute approximate surface area is 121 Å². The van der Waals surface area contributed by atoms with Crippen LogP contribution in [-0.2, 0) is 0 Å². The van der Waals surface area contributed by atoms with E-state index in [0.29, 0.717) is 11.7 Å². The van der Waals surface area contributed by atoms with E-state index >= 15 is 0 Å². The molecular weight excluding hydrogens is 274 g/mol. The molecular formula is C15H17NO3S. The van der Waals surface area contributed by atoms with Gasteiger partial charge in [-0.05, 0) is 24.3 Å². The second kappa shape index (κ2) is 5.79. The van der Waals surface area contributed by atoms with Crippen molar-refractivity contribution in [2.45, 2.75) is 44.4 Å². The lowest BCUT2D eigenvalue weighted by Gasteiger charge is -2.10. The zero-order chi connectivity index (χ0) is 13.9. The van der Waals surface area contributed by atoms with E-state index in [1.165, 1.54) is 24.2 Å². The van der Waals surface area contributed by atoms with Crippen LogP contribution in [-0.4, -0.2) is 16.1 Å². The van der Waals surface area contributed by atoms with Crippen LogP contribution in [0.4, 0.5) is 0 Å². The largest absolute Gasteiger partial charge is 0.476 e. The third-order valence-corrected chi connectivity index (χ3v) is 4.67. The van der Waals surface area contributed by atoms with E-state index in [-0.39, 0.29) is 11.6 Å². The first-order valence-electron chi connectivity index (χ1n) is 7.03. The predicted molar refractivity (Wildman–Crippen MR) is 77.2 cm³/mol. The van der Waals surface area contributed by atoms with Crippen molar-refractivity contribution in [1.82, 2.24) is 4.98 Å². The van der Waals surface area contributed by atoms with Crippen LogP contribution in [0.1, 0.15) is 60.7 Å². The third kappa shape index (κ3) is 2.63. The maximum atomic E-state index is 11.4. The van der Waals surface area contributed by atoms with Crippen LogP contribution in [0.2, 0.25) is 0 Å². The van der Waals surface area contributed by atoms with Gasteiger partial charge in [0.2, 0.25) is 5.89 Å². The molecule has 0 saturated heterocycles. The van der Waals surface area contributed by atoms with Crippen LogP contribution in [0, 0.1) is 0 Å². The Bertz CT molecular complexity index is 580. The molecule has 0 amide bonds. The van der Waals surface area contributed by atoms with Gasteiger partial charge in [-0.3, -0.25) is 0 Å². The SMILES string of the molecule is O=C(O)c1nc(-c2cccs2)oc1C1CCCCCC1. The number of aromatic nitrogens is 1. The number of carbonyl (C=O) groups is 1. The van der Waals surface area contributed by atoms with Crippen LogP contribution >= 0.6 is 11.3 Å². The van der Waals surface area contributed by atoms with Gasteiger partial charge < -0.3 is 9.52 Å². The highest BCUT2D eigenvalue weighted by molar-refractivity contribution is 7.13. The Balaban J connectivity index is 1.97. The van der Waals surface area contributed by atoms with Crippen molar-refractivity contribution in [3.8, 4) is 10.8 Å². The number of nitrogens with zero attached hydrogens (tertiary/aromatic N) is 1. The number of thiophene rings is 1. The first kappa shape index (κ1) is 13.4. The summed E-state index contributed by atoms with van der Waals surface area (Å²) in [6.07, 6.45) is 6.73. The fourth-order valence-corrected chi connectivity index (χ4v) is 3.46. The lowest BCUT2D eigenvalue weighted by molar-refractivity contribution is 0.0687. The first-order chi connectivity index (χ1) is 9.75. The van der Waals surface area contributed by atoms with Crippen LogP contribution in [0.25, 0.3) is 10.8 Å². The third-order valence-electron chi connectivity index (χ3n) is 3.81. The normalized spacial score (nSPS) is 17.0. The van der Waals surface area contributed by atoms with Gasteiger partial charge in [-0.15, -0.1) is 11.3 Å². The quantitative estimate of drug-likeness (QED) is 0.843. The van der Waals surface area contributed by atoms with E-state index in [1.807, 2.05) is 17.5 Å². The highest BCUT2D eigenvalue weighted by Crippen LogP contribution is 2.36. The molecule has 4 nitrogen and oxygen atoms in total. The average molecular weight is 291 g/mol. The molecule has 1 saturated carbocycles. The highest BCUT2D eigenvalue weighted by atomic mass is 32.1. The second-order valence-corrected chi connectivity index (χ2v) is 6.15. The molecule has 2 heterocycles. The van der Waals surface area contributed by atoms with E-state index in [2.05, 4.69) is 4.98 Å². The van der Waals surface area contributed by atoms with E-state index in [1.54, 1.807) is 0 Å². The highest BCUT2D eigenvalue weighted by Gasteiger charge is 2.27. The maximum Gasteiger partial charge on any atom is 0.358 e. The summed E-state index contributed by atoms with van der Waals surface area (Å²) < 4.78 is 5.83. The summed E-state index contributed by atoms with van der Waals surface area (Å²) in [6, 6.07) is 3.81. The van der Waals surface area contributed by atoms with Gasteiger partial charge in [0.05, 0.1) is 4.88 Å². The fraction of sp³-hybridized carbons (Fsp3) is 0.467. The van der Waals surface area contributed by atoms with Gasteiger partial charge in [0.15, 0.2) is 5.69 Å². The smallest absolute Gasteiger partial charge is 0.358 e. The summed E-state index contributed by atoms with van der Waals surface area (Å²) in [7, 11) is 0. The molecule has 1 aliphatic rings. The Morgan fingerprint density at radius 2 is 2.05 bits per heavy atom. The molecule has 0 spiro atoms. The zero-order valence-electron chi connectivity index (χ0n) is 11.2. The minimum atomic E-state index is -0.990. The Kier molecular flexibility index (Phi) is 3.87. The van der Waals surface area contributed by atoms with Crippen molar-refractivity contribution >= 4 is 17.3 Å². The van der Waals surface area contributed by atoms with Gasteiger partial charge in [-0.2, -0.15) is 0 Å². The molecule has 5 heteroatoms. The number of carboxylic acids is 1. The lowest BCUT2D eigenvalue weighted by atomic mass is 9.96. The Hall–Kier alpha value is -1.62. The van der Waals surface area contributed by atoms with Gasteiger partial charge in [0.25, 0.3) is 0 Å². The van der Waals surface area contributed by atoms with Crippen molar-refractivity contribution in [1.29, 1.82) is 0 Å². The van der Waals surface area contributed by atoms with E-state index in [0.717, 1.165) is 30.6 Å². The Morgan fingerprint density at radius 3 is 2.65 bits per heavy atom. The van der Waals surface area contributed by atoms with Crippen molar-refractivity contribution in [3.05, 3.63) is 29.0 Å². The number of rotatable bonds is 3. The van der Waals surface area contributed by atoms with Crippen LogP contribution in [0.15, 0.2) is 21.9 Å². The lowest BCUT2D eigenvalue weighted by Crippen LogP contribution is -2.05. The molecule has 0 radical (unpaired) electrons. The second-order valence-electron chi connectivity index (χ2n) is 5.20. The topological polar surface area (TPSA) is 63.3 Å². The summed E-state index contributed by atoms with van der Waals surface area (Å²) >= 11 is 1.51. The number of hydrogen-bond donors (Lipinski definition) is 1. The molecule has 3 rings (SSSR count). The molecule has 1 fully saturated rings. The van der Waals surface area contributed by atoms with Gasteiger partial charge in [-0.1, -0.05) is 31.7 Å². The van der Waals surface area contributed by atoms with Crippen molar-refractivity contribution < 1.29 is 14.3 Å². The van der Waals surface area contributed by atoms with Crippen LogP contribution in [0.5, 0.6) is 0 Å². The van der Waals surface area contributed by atoms with Crippen molar-refractivity contribution in [2.75, 3.05) is 0 Å². The summed E-state index contributed by atoms with van der Waals surface area (Å²) in [5.41, 5.74) is 0.0975. The number of carboxylic acid groups (broad SMARTS) is 1. The first-order valence-corrected chi connectivity index (χ1v) is 7.91. The molecule has 1 aliphatic carbocycles. The van der Waals surface area contributed by atoms with E-state index in [4.69, 9.17) is 4.42 Å². The maximum absolute atomic E-state index is 11.4. The minimum Gasteiger partial charge on any atom is -0.476 e. The van der Waals surface area contributed by atoms with Gasteiger partial charge in [0.1, 0.15) is 5.76 Å². The van der Waals surface area contributed by atoms with Crippen LogP contribution < -0.4 is 0 Å². The summed E-state index contributed by atoms with van der Waals surface area (Å²) in [6.45, 7) is 0. The summed E-state index contributed by atoms with van der Waals surface area (Å²) in [4.78, 5) is 16.5. The fourth-order valence-electron chi connectivity index (χ4n) is 2.81. The van der Waals surface area contributed by atoms with Gasteiger partial charge in [-0.25, -0.2) is 9.78 Å². The molecule has 0 aromatic carbocycles. The monoisotopic (exact) mass is 291 g/mol. The molecule has 20 heavy (non-hydrogen) atoms. The predicted octanol–water partition coefficient (Wildman–Crippen LogP) is 4.54. The average Bonchev–Trinajstić information content (AvgIpc) is 3.02. The molecule has 2 aromatic rings. The number of oxazole rings is 1. The van der Waals surface area contributed by atoms with Crippen molar-refractivity contribution in [3.63, 3.8) is 0 Å². The number of aromatic carboxylic acids is 1. The van der Waals surface area contributed by atoms with E-state index in [9.17, 15) is 9.90 Å². The molecule has 0 unspecified atom stereocenters. The standard InChI is InChI=1S/C15H17NO3S/c17-15(18)12-13(10-6-3-1-2-4-7-10)19-14(16-12)11-8-5-9-20-11/h5,8-10H,1-4,6-7H2,(H,17,18). The van der Waals surface area contributed by atoms with Gasteiger partial charge >= 0.3 is 5.97 Å². The molecule has 2 aromatic heterocycles.